The molecule has 1 aromatic heterocycles. The van der Waals surface area contributed by atoms with Gasteiger partial charge in [-0.2, -0.15) is 5.10 Å². The standard InChI is InChI=1S/C34H41F2N5O5.C3H5N3/c1-3-32(23(2)43)41(37-22-42)34(44)38-26-5-7-27(8-6-26)39-14-16-40(17-15-39)28-9-11-29(12-10-28)45-20-24-18-33(46-21-24)30-13-4-25(35)19-31(30)36;1-6-3-4-2-5-6/h4-13,19,22-24,32-33,43H,3,14-18,20-21H2,1-2H3,(H,37,42)(H,38,44);2-3H,1H3/t23?,24-,32+,33?;/m1./s1. The van der Waals surface area contributed by atoms with Crippen molar-refractivity contribution in [2.45, 2.75) is 44.9 Å². The number of hydrogen-bond donors (Lipinski definition) is 3. The zero-order chi connectivity index (χ0) is 37.0. The molecule has 3 aromatic carbocycles. The van der Waals surface area contributed by atoms with Crippen LogP contribution in [0.4, 0.5) is 30.6 Å². The minimum atomic E-state index is -0.814. The summed E-state index contributed by atoms with van der Waals surface area (Å²) in [7, 11) is 1.83. The first kappa shape index (κ1) is 38.0. The van der Waals surface area contributed by atoms with E-state index in [-0.39, 0.29) is 5.92 Å². The molecule has 278 valence electrons. The number of aromatic nitrogens is 3. The fourth-order valence-electron chi connectivity index (χ4n) is 6.28. The number of carbonyl (C=O) groups is 2. The number of nitrogens with zero attached hydrogens (tertiary/aromatic N) is 6. The Balaban J connectivity index is 0.000000790. The Morgan fingerprint density at radius 1 is 1.06 bits per heavy atom. The van der Waals surface area contributed by atoms with E-state index in [1.54, 1.807) is 17.9 Å². The van der Waals surface area contributed by atoms with Crippen molar-refractivity contribution in [3.05, 3.63) is 96.6 Å². The summed E-state index contributed by atoms with van der Waals surface area (Å²) in [6, 6.07) is 18.0. The average Bonchev–Trinajstić information content (AvgIpc) is 3.83. The monoisotopic (exact) mass is 720 g/mol. The van der Waals surface area contributed by atoms with Gasteiger partial charge in [0.1, 0.15) is 30.0 Å². The number of benzene rings is 3. The van der Waals surface area contributed by atoms with Crippen molar-refractivity contribution >= 4 is 29.5 Å². The first-order valence-electron chi connectivity index (χ1n) is 17.3. The molecule has 2 aliphatic rings. The number of aryl methyl sites for hydroxylation is 1. The van der Waals surface area contributed by atoms with Gasteiger partial charge in [0.05, 0.1) is 31.5 Å². The highest BCUT2D eigenvalue weighted by Crippen LogP contribution is 2.34. The molecule has 15 heteroatoms. The first-order chi connectivity index (χ1) is 25.1. The summed E-state index contributed by atoms with van der Waals surface area (Å²) in [4.78, 5) is 32.1. The molecular formula is C37H46F2N8O5. The largest absolute Gasteiger partial charge is 0.493 e. The third-order valence-electron chi connectivity index (χ3n) is 9.09. The molecule has 0 saturated carbocycles. The summed E-state index contributed by atoms with van der Waals surface area (Å²) >= 11 is 0. The van der Waals surface area contributed by atoms with E-state index in [0.717, 1.165) is 54.4 Å². The quantitative estimate of drug-likeness (QED) is 0.138. The molecule has 2 saturated heterocycles. The van der Waals surface area contributed by atoms with Crippen molar-refractivity contribution in [2.24, 2.45) is 13.0 Å². The van der Waals surface area contributed by atoms with E-state index in [2.05, 4.69) is 30.6 Å². The molecule has 3 heterocycles. The van der Waals surface area contributed by atoms with Crippen molar-refractivity contribution in [1.82, 2.24) is 25.2 Å². The summed E-state index contributed by atoms with van der Waals surface area (Å²) in [6.07, 6.45) is 3.43. The van der Waals surface area contributed by atoms with Crippen LogP contribution in [0.3, 0.4) is 0 Å². The topological polar surface area (TPSA) is 137 Å². The van der Waals surface area contributed by atoms with Crippen LogP contribution in [0.5, 0.6) is 5.75 Å². The lowest BCUT2D eigenvalue weighted by atomic mass is 10.0. The predicted octanol–water partition coefficient (Wildman–Crippen LogP) is 4.92. The van der Waals surface area contributed by atoms with Gasteiger partial charge >= 0.3 is 6.03 Å². The Morgan fingerprint density at radius 3 is 2.23 bits per heavy atom. The van der Waals surface area contributed by atoms with Gasteiger partial charge < -0.3 is 29.7 Å². The van der Waals surface area contributed by atoms with Gasteiger partial charge in [0.2, 0.25) is 6.41 Å². The van der Waals surface area contributed by atoms with Crippen LogP contribution in [0.1, 0.15) is 38.4 Å². The molecule has 52 heavy (non-hydrogen) atoms. The van der Waals surface area contributed by atoms with Gasteiger partial charge in [-0.1, -0.05) is 13.0 Å². The molecular weight excluding hydrogens is 674 g/mol. The number of halogens is 2. The Kier molecular flexibility index (Phi) is 13.3. The number of anilines is 3. The second-order valence-electron chi connectivity index (χ2n) is 12.7. The predicted molar refractivity (Wildman–Crippen MR) is 193 cm³/mol. The molecule has 4 aromatic rings. The number of carbonyl (C=O) groups excluding carboxylic acids is 2. The van der Waals surface area contributed by atoms with E-state index in [1.165, 1.54) is 18.5 Å². The van der Waals surface area contributed by atoms with Crippen molar-refractivity contribution in [3.63, 3.8) is 0 Å². The van der Waals surface area contributed by atoms with Crippen LogP contribution in [0.2, 0.25) is 0 Å². The second-order valence-corrected chi connectivity index (χ2v) is 12.7. The van der Waals surface area contributed by atoms with E-state index in [1.807, 2.05) is 62.5 Å². The third kappa shape index (κ3) is 10.2. The van der Waals surface area contributed by atoms with Gasteiger partial charge in [0.15, 0.2) is 0 Å². The molecule has 0 bridgehead atoms. The highest BCUT2D eigenvalue weighted by Gasteiger charge is 2.30. The van der Waals surface area contributed by atoms with Crippen molar-refractivity contribution < 1.29 is 33.0 Å². The maximum Gasteiger partial charge on any atom is 0.340 e. The third-order valence-corrected chi connectivity index (χ3v) is 9.09. The molecule has 3 amide bonds. The molecule has 2 unspecified atom stereocenters. The van der Waals surface area contributed by atoms with Gasteiger partial charge in [0.25, 0.3) is 0 Å². The van der Waals surface area contributed by atoms with Crippen molar-refractivity contribution in [3.8, 4) is 5.75 Å². The lowest BCUT2D eigenvalue weighted by molar-refractivity contribution is -0.114. The van der Waals surface area contributed by atoms with E-state index in [0.29, 0.717) is 43.7 Å². The lowest BCUT2D eigenvalue weighted by Crippen LogP contribution is -2.54. The number of rotatable bonds is 12. The summed E-state index contributed by atoms with van der Waals surface area (Å²) in [6.45, 7) is 7.64. The van der Waals surface area contributed by atoms with Gasteiger partial charge in [-0.15, -0.1) is 0 Å². The van der Waals surface area contributed by atoms with Crippen LogP contribution in [-0.2, 0) is 16.6 Å². The fourth-order valence-corrected chi connectivity index (χ4v) is 6.28. The van der Waals surface area contributed by atoms with Crippen LogP contribution < -0.4 is 25.3 Å². The van der Waals surface area contributed by atoms with Crippen molar-refractivity contribution in [2.75, 3.05) is 54.5 Å². The molecule has 2 fully saturated rings. The molecule has 3 N–H and O–H groups in total. The Morgan fingerprint density at radius 2 is 1.71 bits per heavy atom. The van der Waals surface area contributed by atoms with Gasteiger partial charge in [-0.3, -0.25) is 14.9 Å². The summed E-state index contributed by atoms with van der Waals surface area (Å²) in [5, 5.41) is 17.6. The first-order valence-corrected chi connectivity index (χ1v) is 17.3. The molecule has 0 spiro atoms. The van der Waals surface area contributed by atoms with Gasteiger partial charge in [0, 0.05) is 67.8 Å². The minimum absolute atomic E-state index is 0.116. The highest BCUT2D eigenvalue weighted by molar-refractivity contribution is 5.90. The van der Waals surface area contributed by atoms with E-state index < -0.39 is 35.9 Å². The molecule has 4 atom stereocenters. The number of aliphatic hydroxyl groups is 1. The maximum absolute atomic E-state index is 14.1. The minimum Gasteiger partial charge on any atom is -0.493 e. The SMILES string of the molecule is CC[C@@H](C(C)O)N(NC=O)C(=O)Nc1ccc(N2CCN(c3ccc(OC[C@@H]4COC(c5ccc(F)cc5F)C4)cc3)CC2)cc1.Cn1cncn1. The van der Waals surface area contributed by atoms with E-state index in [9.17, 15) is 23.5 Å². The second kappa shape index (κ2) is 18.3. The molecule has 6 rings (SSSR count). The highest BCUT2D eigenvalue weighted by atomic mass is 19.1. The molecule has 0 aliphatic carbocycles. The smallest absolute Gasteiger partial charge is 0.340 e. The number of ether oxygens (including phenoxy) is 2. The van der Waals surface area contributed by atoms with Crippen molar-refractivity contribution in [1.29, 1.82) is 0 Å². The summed E-state index contributed by atoms with van der Waals surface area (Å²) in [5.41, 5.74) is 5.49. The number of nitrogens with one attached hydrogen (secondary N) is 2. The molecule has 0 radical (unpaired) electrons. The van der Waals surface area contributed by atoms with E-state index in [4.69, 9.17) is 9.47 Å². The Bertz CT molecular complexity index is 1700. The van der Waals surface area contributed by atoms with E-state index >= 15 is 0 Å². The number of urea groups is 1. The number of hydrogen-bond acceptors (Lipinski definition) is 9. The van der Waals surface area contributed by atoms with Crippen LogP contribution in [-0.4, -0.2) is 88.9 Å². The number of aliphatic hydroxyl groups excluding tert-OH is 1. The number of amides is 3. The molecule has 2 aliphatic heterocycles. The fraction of sp³-hybridized carbons (Fsp3) is 0.405. The summed E-state index contributed by atoms with van der Waals surface area (Å²) < 4.78 is 40.8. The van der Waals surface area contributed by atoms with Crippen LogP contribution in [0, 0.1) is 17.6 Å². The number of piperazine rings is 1. The Hall–Kier alpha value is -5.28. The zero-order valence-electron chi connectivity index (χ0n) is 29.6. The molecule has 13 nitrogen and oxygen atoms in total. The zero-order valence-corrected chi connectivity index (χ0v) is 29.6. The van der Waals surface area contributed by atoms with Crippen LogP contribution in [0.15, 0.2) is 79.4 Å². The lowest BCUT2D eigenvalue weighted by Gasteiger charge is -2.37. The average molecular weight is 721 g/mol. The van der Waals surface area contributed by atoms with Crippen LogP contribution >= 0.6 is 0 Å². The normalized spacial score (nSPS) is 18.1. The summed E-state index contributed by atoms with van der Waals surface area (Å²) in [5.74, 6) is -0.310. The van der Waals surface area contributed by atoms with Crippen LogP contribution in [0.25, 0.3) is 0 Å². The van der Waals surface area contributed by atoms with Gasteiger partial charge in [-0.25, -0.2) is 23.6 Å². The van der Waals surface area contributed by atoms with Gasteiger partial charge in [-0.05, 0) is 74.4 Å². The maximum atomic E-state index is 14.1. The number of hydrazine groups is 1. The Labute approximate surface area is 302 Å².